The molecule has 0 aliphatic rings. The maximum Gasteiger partial charge on any atom is 0.0943 e. The zero-order valence-electron chi connectivity index (χ0n) is 10.4. The molecule has 1 atom stereocenters. The van der Waals surface area contributed by atoms with E-state index in [-0.39, 0.29) is 6.04 Å². The highest BCUT2D eigenvalue weighted by atomic mass is 35.5. The van der Waals surface area contributed by atoms with Crippen LogP contribution in [0.15, 0.2) is 35.8 Å². The number of halogens is 1. The predicted octanol–water partition coefficient (Wildman–Crippen LogP) is 4.08. The Morgan fingerprint density at radius 2 is 2.22 bits per heavy atom. The van der Waals surface area contributed by atoms with E-state index in [2.05, 4.69) is 23.3 Å². The number of nitrogens with zero attached hydrogens (tertiary/aromatic N) is 1. The Morgan fingerprint density at radius 1 is 1.39 bits per heavy atom. The third-order valence-electron chi connectivity index (χ3n) is 2.78. The lowest BCUT2D eigenvalue weighted by molar-refractivity contribution is 0.528. The monoisotopic (exact) mass is 280 g/mol. The fourth-order valence-corrected chi connectivity index (χ4v) is 2.83. The van der Waals surface area contributed by atoms with Gasteiger partial charge in [0.2, 0.25) is 0 Å². The minimum Gasteiger partial charge on any atom is -0.310 e. The van der Waals surface area contributed by atoms with E-state index in [1.807, 2.05) is 29.8 Å². The van der Waals surface area contributed by atoms with E-state index >= 15 is 0 Å². The molecule has 0 aliphatic heterocycles. The van der Waals surface area contributed by atoms with Gasteiger partial charge in [0.15, 0.2) is 0 Å². The van der Waals surface area contributed by atoms with Crippen LogP contribution in [0.4, 0.5) is 0 Å². The highest BCUT2D eigenvalue weighted by molar-refractivity contribution is 7.09. The number of aromatic nitrogens is 1. The van der Waals surface area contributed by atoms with Crippen LogP contribution >= 0.6 is 22.9 Å². The molecule has 0 radical (unpaired) electrons. The summed E-state index contributed by atoms with van der Waals surface area (Å²) in [7, 11) is 0. The van der Waals surface area contributed by atoms with Crippen LogP contribution in [0.5, 0.6) is 0 Å². The lowest BCUT2D eigenvalue weighted by Gasteiger charge is -2.19. The van der Waals surface area contributed by atoms with E-state index < -0.39 is 0 Å². The molecule has 1 aromatic heterocycles. The van der Waals surface area contributed by atoms with Gasteiger partial charge < -0.3 is 5.32 Å². The number of thiazole rings is 1. The standard InChI is InChI=1S/C14H17ClN2S/c1-2-7-16-13(10-14-17-8-9-18-14)11-5-3-4-6-12(11)15/h3-6,8-9,13,16H,2,7,10H2,1H3. The van der Waals surface area contributed by atoms with Gasteiger partial charge in [0.25, 0.3) is 0 Å². The van der Waals surface area contributed by atoms with Crippen LogP contribution in [0, 0.1) is 0 Å². The van der Waals surface area contributed by atoms with Crippen molar-refractivity contribution in [3.63, 3.8) is 0 Å². The number of rotatable bonds is 6. The second-order valence-corrected chi connectivity index (χ2v) is 5.54. The van der Waals surface area contributed by atoms with E-state index in [4.69, 9.17) is 11.6 Å². The predicted molar refractivity (Wildman–Crippen MR) is 78.3 cm³/mol. The average Bonchev–Trinajstić information content (AvgIpc) is 2.88. The van der Waals surface area contributed by atoms with Gasteiger partial charge in [0.05, 0.1) is 5.01 Å². The molecule has 0 saturated carbocycles. The minimum absolute atomic E-state index is 0.241. The van der Waals surface area contributed by atoms with Crippen molar-refractivity contribution in [1.29, 1.82) is 0 Å². The van der Waals surface area contributed by atoms with E-state index in [1.54, 1.807) is 11.3 Å². The third kappa shape index (κ3) is 3.55. The van der Waals surface area contributed by atoms with Crippen LogP contribution < -0.4 is 5.32 Å². The summed E-state index contributed by atoms with van der Waals surface area (Å²) in [5.74, 6) is 0. The Balaban J connectivity index is 2.16. The summed E-state index contributed by atoms with van der Waals surface area (Å²) < 4.78 is 0. The molecule has 2 aromatic rings. The van der Waals surface area contributed by atoms with E-state index in [9.17, 15) is 0 Å². The fraction of sp³-hybridized carbons (Fsp3) is 0.357. The van der Waals surface area contributed by atoms with Gasteiger partial charge >= 0.3 is 0 Å². The number of nitrogens with one attached hydrogen (secondary N) is 1. The van der Waals surface area contributed by atoms with Crippen molar-refractivity contribution in [2.45, 2.75) is 25.8 Å². The number of hydrogen-bond acceptors (Lipinski definition) is 3. The summed E-state index contributed by atoms with van der Waals surface area (Å²) in [6, 6.07) is 8.27. The van der Waals surface area contributed by atoms with Gasteiger partial charge in [-0.3, -0.25) is 0 Å². The van der Waals surface area contributed by atoms with Crippen LogP contribution in [0.2, 0.25) is 5.02 Å². The van der Waals surface area contributed by atoms with E-state index in [0.29, 0.717) is 0 Å². The molecule has 1 aromatic carbocycles. The minimum atomic E-state index is 0.241. The summed E-state index contributed by atoms with van der Waals surface area (Å²) in [4.78, 5) is 4.35. The molecule has 0 bridgehead atoms. The SMILES string of the molecule is CCCNC(Cc1nccs1)c1ccccc1Cl. The molecule has 2 rings (SSSR count). The average molecular weight is 281 g/mol. The van der Waals surface area contributed by atoms with Crippen molar-refractivity contribution in [1.82, 2.24) is 10.3 Å². The molecule has 0 spiro atoms. The summed E-state index contributed by atoms with van der Waals surface area (Å²) in [6.07, 6.45) is 3.85. The lowest BCUT2D eigenvalue weighted by atomic mass is 10.0. The molecule has 1 N–H and O–H groups in total. The molecular formula is C14H17ClN2S. The summed E-state index contributed by atoms with van der Waals surface area (Å²) >= 11 is 7.97. The topological polar surface area (TPSA) is 24.9 Å². The van der Waals surface area contributed by atoms with Crippen LogP contribution in [0.3, 0.4) is 0 Å². The van der Waals surface area contributed by atoms with Gasteiger partial charge in [0, 0.05) is 29.1 Å². The molecule has 0 fully saturated rings. The molecule has 1 heterocycles. The van der Waals surface area contributed by atoms with Crippen molar-refractivity contribution < 1.29 is 0 Å². The van der Waals surface area contributed by atoms with Crippen molar-refractivity contribution in [2.75, 3.05) is 6.54 Å². The normalized spacial score (nSPS) is 12.6. The molecule has 0 amide bonds. The molecule has 18 heavy (non-hydrogen) atoms. The maximum atomic E-state index is 6.28. The zero-order chi connectivity index (χ0) is 12.8. The zero-order valence-corrected chi connectivity index (χ0v) is 12.0. The number of benzene rings is 1. The Kier molecular flexibility index (Phi) is 5.17. The molecule has 96 valence electrons. The van der Waals surface area contributed by atoms with E-state index in [0.717, 1.165) is 35.0 Å². The van der Waals surface area contributed by atoms with Crippen molar-refractivity contribution in [3.05, 3.63) is 51.4 Å². The Hall–Kier alpha value is -0.900. The highest BCUT2D eigenvalue weighted by Crippen LogP contribution is 2.26. The first-order valence-corrected chi connectivity index (χ1v) is 7.43. The molecule has 0 aliphatic carbocycles. The van der Waals surface area contributed by atoms with Crippen LogP contribution in [0.25, 0.3) is 0 Å². The van der Waals surface area contributed by atoms with Crippen molar-refractivity contribution in [2.24, 2.45) is 0 Å². The summed E-state index contributed by atoms with van der Waals surface area (Å²) in [6.45, 7) is 3.15. The molecule has 2 nitrogen and oxygen atoms in total. The molecule has 4 heteroatoms. The Bertz CT molecular complexity index is 470. The summed E-state index contributed by atoms with van der Waals surface area (Å²) in [5.41, 5.74) is 1.16. The van der Waals surface area contributed by atoms with Gasteiger partial charge in [0.1, 0.15) is 0 Å². The van der Waals surface area contributed by atoms with Gasteiger partial charge in [-0.05, 0) is 24.6 Å². The lowest BCUT2D eigenvalue weighted by Crippen LogP contribution is -2.24. The fourth-order valence-electron chi connectivity index (χ4n) is 1.90. The Labute approximate surface area is 117 Å². The largest absolute Gasteiger partial charge is 0.310 e. The smallest absolute Gasteiger partial charge is 0.0943 e. The molecular weight excluding hydrogens is 264 g/mol. The van der Waals surface area contributed by atoms with Gasteiger partial charge in [-0.25, -0.2) is 4.98 Å². The maximum absolute atomic E-state index is 6.28. The second kappa shape index (κ2) is 6.88. The van der Waals surface area contributed by atoms with Crippen molar-refractivity contribution in [3.8, 4) is 0 Å². The van der Waals surface area contributed by atoms with Gasteiger partial charge in [-0.2, -0.15) is 0 Å². The van der Waals surface area contributed by atoms with Crippen LogP contribution in [-0.2, 0) is 6.42 Å². The first-order chi connectivity index (χ1) is 8.81. The third-order valence-corrected chi connectivity index (χ3v) is 3.93. The van der Waals surface area contributed by atoms with Crippen LogP contribution in [-0.4, -0.2) is 11.5 Å². The van der Waals surface area contributed by atoms with Gasteiger partial charge in [-0.1, -0.05) is 36.7 Å². The highest BCUT2D eigenvalue weighted by Gasteiger charge is 2.15. The summed E-state index contributed by atoms with van der Waals surface area (Å²) in [5, 5.41) is 7.52. The first kappa shape index (κ1) is 13.5. The molecule has 1 unspecified atom stereocenters. The van der Waals surface area contributed by atoms with Crippen molar-refractivity contribution >= 4 is 22.9 Å². The Morgan fingerprint density at radius 3 is 2.89 bits per heavy atom. The first-order valence-electron chi connectivity index (χ1n) is 6.17. The van der Waals surface area contributed by atoms with Gasteiger partial charge in [-0.15, -0.1) is 11.3 Å². The van der Waals surface area contributed by atoms with E-state index in [1.165, 1.54) is 0 Å². The molecule has 0 saturated heterocycles. The van der Waals surface area contributed by atoms with Crippen LogP contribution in [0.1, 0.15) is 30.0 Å². The second-order valence-electron chi connectivity index (χ2n) is 4.16. The number of hydrogen-bond donors (Lipinski definition) is 1. The quantitative estimate of drug-likeness (QED) is 0.862.